The van der Waals surface area contributed by atoms with Gasteiger partial charge >= 0.3 is 0 Å². The summed E-state index contributed by atoms with van der Waals surface area (Å²) >= 11 is 11.8. The summed E-state index contributed by atoms with van der Waals surface area (Å²) in [6.07, 6.45) is 1.63. The third-order valence-corrected chi connectivity index (χ3v) is 4.22. The number of aryl methyl sites for hydroxylation is 1. The number of nitrogens with one attached hydrogen (secondary N) is 1. The van der Waals surface area contributed by atoms with Crippen molar-refractivity contribution in [3.05, 3.63) is 51.3 Å². The zero-order chi connectivity index (χ0) is 18.6. The lowest BCUT2D eigenvalue weighted by Gasteiger charge is -2.13. The largest absolute Gasteiger partial charge is 0.482 e. The van der Waals surface area contributed by atoms with Crippen LogP contribution >= 0.6 is 23.2 Å². The Kier molecular flexibility index (Phi) is 6.51. The van der Waals surface area contributed by atoms with Crippen molar-refractivity contribution in [2.45, 2.75) is 33.7 Å². The van der Waals surface area contributed by atoms with Gasteiger partial charge in [0.15, 0.2) is 6.61 Å². The van der Waals surface area contributed by atoms with Crippen molar-refractivity contribution in [1.82, 2.24) is 9.99 Å². The van der Waals surface area contributed by atoms with Gasteiger partial charge < -0.3 is 9.30 Å². The minimum atomic E-state index is -0.375. The minimum absolute atomic E-state index is 0.191. The van der Waals surface area contributed by atoms with Crippen molar-refractivity contribution < 1.29 is 9.53 Å². The Morgan fingerprint density at radius 2 is 2.04 bits per heavy atom. The number of carbonyl (C=O) groups excluding carboxylic acids is 1. The maximum atomic E-state index is 11.8. The molecule has 0 aliphatic heterocycles. The smallest absolute Gasteiger partial charge is 0.277 e. The van der Waals surface area contributed by atoms with Crippen molar-refractivity contribution >= 4 is 35.3 Å². The quantitative estimate of drug-likeness (QED) is 0.590. The lowest BCUT2D eigenvalue weighted by Crippen LogP contribution is -2.24. The molecule has 5 nitrogen and oxygen atoms in total. The molecule has 134 valence electrons. The van der Waals surface area contributed by atoms with Gasteiger partial charge in [0.05, 0.1) is 11.2 Å². The molecule has 0 aliphatic carbocycles. The van der Waals surface area contributed by atoms with Gasteiger partial charge in [0.25, 0.3) is 5.91 Å². The van der Waals surface area contributed by atoms with Gasteiger partial charge in [-0.3, -0.25) is 4.79 Å². The number of amides is 1. The van der Waals surface area contributed by atoms with Crippen molar-refractivity contribution in [3.8, 4) is 5.75 Å². The number of ether oxygens (including phenoxy) is 1. The fourth-order valence-corrected chi connectivity index (χ4v) is 3.13. The summed E-state index contributed by atoms with van der Waals surface area (Å²) in [7, 11) is 0. The molecule has 25 heavy (non-hydrogen) atoms. The molecule has 1 N–H and O–H groups in total. The fraction of sp³-hybridized carbons (Fsp3) is 0.333. The number of hydrogen-bond donors (Lipinski definition) is 1. The molecule has 1 aromatic carbocycles. The number of nitrogens with zero attached hydrogens (tertiary/aromatic N) is 2. The highest BCUT2D eigenvalue weighted by molar-refractivity contribution is 6.35. The van der Waals surface area contributed by atoms with E-state index in [2.05, 4.69) is 28.9 Å². The van der Waals surface area contributed by atoms with Crippen LogP contribution < -0.4 is 10.2 Å². The zero-order valence-corrected chi connectivity index (χ0v) is 16.1. The van der Waals surface area contributed by atoms with E-state index in [9.17, 15) is 4.79 Å². The Bertz CT molecular complexity index is 798. The molecule has 2 aromatic rings. The molecule has 0 unspecified atom stereocenters. The monoisotopic (exact) mass is 381 g/mol. The van der Waals surface area contributed by atoms with Crippen LogP contribution in [0.5, 0.6) is 5.75 Å². The third kappa shape index (κ3) is 5.00. The standard InChI is InChI=1S/C18H21Cl2N3O2/c1-11(2)23-12(3)7-14(13(23)4)9-21-22-18(24)10-25-17-6-5-15(19)8-16(17)20/h5-9,11H,10H2,1-4H3,(H,22,24)/b21-9-. The lowest BCUT2D eigenvalue weighted by molar-refractivity contribution is -0.123. The topological polar surface area (TPSA) is 55.6 Å². The van der Waals surface area contributed by atoms with E-state index >= 15 is 0 Å². The van der Waals surface area contributed by atoms with Crippen LogP contribution in [0.1, 0.15) is 36.8 Å². The summed E-state index contributed by atoms with van der Waals surface area (Å²) in [6, 6.07) is 7.22. The maximum absolute atomic E-state index is 11.8. The van der Waals surface area contributed by atoms with Crippen molar-refractivity contribution in [1.29, 1.82) is 0 Å². The molecule has 7 heteroatoms. The van der Waals surface area contributed by atoms with Gasteiger partial charge in [-0.05, 0) is 52.0 Å². The molecule has 0 atom stereocenters. The van der Waals surface area contributed by atoms with Crippen molar-refractivity contribution in [3.63, 3.8) is 0 Å². The summed E-state index contributed by atoms with van der Waals surface area (Å²) in [5.41, 5.74) is 5.67. The molecule has 0 aliphatic rings. The molecule has 0 saturated carbocycles. The average molecular weight is 382 g/mol. The molecule has 2 rings (SSSR count). The van der Waals surface area contributed by atoms with Crippen LogP contribution in [-0.4, -0.2) is 23.3 Å². The van der Waals surface area contributed by atoms with E-state index in [4.69, 9.17) is 27.9 Å². The normalized spacial score (nSPS) is 11.3. The van der Waals surface area contributed by atoms with Crippen LogP contribution in [0.2, 0.25) is 10.0 Å². The molecule has 1 heterocycles. The molecule has 0 radical (unpaired) electrons. The molecular weight excluding hydrogens is 361 g/mol. The molecule has 1 amide bonds. The zero-order valence-electron chi connectivity index (χ0n) is 14.6. The summed E-state index contributed by atoms with van der Waals surface area (Å²) in [6.45, 7) is 8.14. The molecule has 0 saturated heterocycles. The van der Waals surface area contributed by atoms with Gasteiger partial charge in [-0.25, -0.2) is 5.43 Å². The molecule has 0 spiro atoms. The Hall–Kier alpha value is -1.98. The lowest BCUT2D eigenvalue weighted by atomic mass is 10.2. The van der Waals surface area contributed by atoms with E-state index in [1.165, 1.54) is 0 Å². The van der Waals surface area contributed by atoms with Gasteiger partial charge in [-0.2, -0.15) is 5.10 Å². The maximum Gasteiger partial charge on any atom is 0.277 e. The van der Waals surface area contributed by atoms with Crippen LogP contribution in [-0.2, 0) is 4.79 Å². The molecular formula is C18H21Cl2N3O2. The highest BCUT2D eigenvalue weighted by Gasteiger charge is 2.10. The van der Waals surface area contributed by atoms with Gasteiger partial charge in [-0.15, -0.1) is 0 Å². The van der Waals surface area contributed by atoms with E-state index in [-0.39, 0.29) is 12.5 Å². The number of benzene rings is 1. The second-order valence-corrected chi connectivity index (χ2v) is 6.79. The van der Waals surface area contributed by atoms with Gasteiger partial charge in [0.2, 0.25) is 0 Å². The van der Waals surface area contributed by atoms with Gasteiger partial charge in [0.1, 0.15) is 5.75 Å². The molecule has 0 fully saturated rings. The third-order valence-electron chi connectivity index (χ3n) is 3.69. The minimum Gasteiger partial charge on any atom is -0.482 e. The summed E-state index contributed by atoms with van der Waals surface area (Å²) in [5, 5.41) is 4.85. The number of aromatic nitrogens is 1. The second kappa shape index (κ2) is 8.41. The second-order valence-electron chi connectivity index (χ2n) is 5.95. The van der Waals surface area contributed by atoms with Crippen molar-refractivity contribution in [2.24, 2.45) is 5.10 Å². The van der Waals surface area contributed by atoms with E-state index in [1.807, 2.05) is 19.9 Å². The van der Waals surface area contributed by atoms with E-state index < -0.39 is 0 Å². The predicted octanol–water partition coefficient (Wildman–Crippen LogP) is 4.52. The number of carbonyl (C=O) groups is 1. The predicted molar refractivity (Wildman–Crippen MR) is 102 cm³/mol. The van der Waals surface area contributed by atoms with E-state index in [0.717, 1.165) is 17.0 Å². The Morgan fingerprint density at radius 1 is 1.32 bits per heavy atom. The Labute approximate surface area is 157 Å². The van der Waals surface area contributed by atoms with Crippen LogP contribution in [0.25, 0.3) is 0 Å². The summed E-state index contributed by atoms with van der Waals surface area (Å²) in [5.74, 6) is 0.0191. The first kappa shape index (κ1) is 19.3. The molecule has 1 aromatic heterocycles. The SMILES string of the molecule is Cc1cc(/C=N\NC(=O)COc2ccc(Cl)cc2Cl)c(C)n1C(C)C. The fourth-order valence-electron chi connectivity index (χ4n) is 2.67. The summed E-state index contributed by atoms with van der Waals surface area (Å²) in [4.78, 5) is 11.8. The highest BCUT2D eigenvalue weighted by Crippen LogP contribution is 2.27. The Morgan fingerprint density at radius 3 is 2.64 bits per heavy atom. The van der Waals surface area contributed by atoms with Crippen LogP contribution in [0.15, 0.2) is 29.4 Å². The van der Waals surface area contributed by atoms with Crippen LogP contribution in [0.3, 0.4) is 0 Å². The number of hydrogen-bond acceptors (Lipinski definition) is 3. The van der Waals surface area contributed by atoms with Gasteiger partial charge in [0, 0.05) is 28.0 Å². The van der Waals surface area contributed by atoms with E-state index in [0.29, 0.717) is 21.8 Å². The average Bonchev–Trinajstić information content (AvgIpc) is 2.80. The van der Waals surface area contributed by atoms with E-state index in [1.54, 1.807) is 24.4 Å². The highest BCUT2D eigenvalue weighted by atomic mass is 35.5. The Balaban J connectivity index is 1.92. The summed E-state index contributed by atoms with van der Waals surface area (Å²) < 4.78 is 7.57. The van der Waals surface area contributed by atoms with Crippen LogP contribution in [0.4, 0.5) is 0 Å². The number of halogens is 2. The first-order valence-corrected chi connectivity index (χ1v) is 8.63. The first-order valence-electron chi connectivity index (χ1n) is 7.87. The van der Waals surface area contributed by atoms with Crippen molar-refractivity contribution in [2.75, 3.05) is 6.61 Å². The van der Waals surface area contributed by atoms with Gasteiger partial charge in [-0.1, -0.05) is 23.2 Å². The molecule has 0 bridgehead atoms. The number of rotatable bonds is 6. The number of hydrazone groups is 1. The first-order chi connectivity index (χ1) is 11.8. The van der Waals surface area contributed by atoms with Crippen LogP contribution in [0, 0.1) is 13.8 Å².